The summed E-state index contributed by atoms with van der Waals surface area (Å²) in [5.41, 5.74) is 0.653. The fourth-order valence-corrected chi connectivity index (χ4v) is 0.819. The molecule has 0 spiro atoms. The lowest BCUT2D eigenvalue weighted by Gasteiger charge is -1.84. The second-order valence-corrected chi connectivity index (χ2v) is 2.09. The molecule has 1 aromatic rings. The van der Waals surface area contributed by atoms with Crippen molar-refractivity contribution >= 4 is 18.2 Å². The van der Waals surface area contributed by atoms with Crippen LogP contribution in [0.4, 0.5) is 5.82 Å². The van der Waals surface area contributed by atoms with Crippen LogP contribution in [0, 0.1) is 12.3 Å². The number of hydrogen-bond acceptors (Lipinski definition) is 3. The number of aliphatic imine (C=N–C) groups is 1. The van der Waals surface area contributed by atoms with Crippen LogP contribution in [0.2, 0.25) is 0 Å². The summed E-state index contributed by atoms with van der Waals surface area (Å²) in [6.07, 6.45) is 2.87. The number of aryl methyl sites for hydroxylation is 1. The summed E-state index contributed by atoms with van der Waals surface area (Å²) in [6.45, 7) is 3.65. The molecular formula is C7H12N4. The third-order valence-corrected chi connectivity index (χ3v) is 1.23. The lowest BCUT2D eigenvalue weighted by Crippen LogP contribution is -1.78. The molecule has 0 aliphatic heterocycles. The Balaban J connectivity index is 0.00000121. The first kappa shape index (κ1) is 7.65. The molecule has 1 rings (SSSR count). The fourth-order valence-electron chi connectivity index (χ4n) is 0.819. The van der Waals surface area contributed by atoms with Gasteiger partial charge in [-0.2, -0.15) is 0 Å². The van der Waals surface area contributed by atoms with Crippen LogP contribution in [0.25, 0.3) is 0 Å². The first-order valence-electron chi connectivity index (χ1n) is 3.33. The molecule has 1 heterocycles. The Morgan fingerprint density at radius 2 is 2.45 bits per heavy atom. The first-order valence-corrected chi connectivity index (χ1v) is 3.33. The molecular weight excluding hydrogens is 140 g/mol. The molecule has 11 heavy (non-hydrogen) atoms. The molecule has 4 heteroatoms. The summed E-state index contributed by atoms with van der Waals surface area (Å²) in [5.74, 6) is 1.36. The number of rotatable bonds is 2. The number of aromatic amines is 1. The van der Waals surface area contributed by atoms with Crippen molar-refractivity contribution in [1.29, 1.82) is 5.41 Å². The van der Waals surface area contributed by atoms with Crippen molar-refractivity contribution in [3.05, 3.63) is 11.5 Å². The van der Waals surface area contributed by atoms with Gasteiger partial charge in [0.1, 0.15) is 11.5 Å². The van der Waals surface area contributed by atoms with Crippen molar-refractivity contribution in [3.63, 3.8) is 0 Å². The minimum absolute atomic E-state index is 0. The summed E-state index contributed by atoms with van der Waals surface area (Å²) in [5, 5.41) is 7.01. The van der Waals surface area contributed by atoms with Crippen molar-refractivity contribution < 1.29 is 1.43 Å². The van der Waals surface area contributed by atoms with Crippen LogP contribution in [0.15, 0.2) is 4.99 Å². The highest BCUT2D eigenvalue weighted by Crippen LogP contribution is 2.12. The maximum atomic E-state index is 7.01. The van der Waals surface area contributed by atoms with Crippen LogP contribution in [-0.2, 0) is 0 Å². The van der Waals surface area contributed by atoms with E-state index in [1.807, 2.05) is 13.8 Å². The molecule has 0 saturated carbocycles. The molecule has 0 fully saturated rings. The van der Waals surface area contributed by atoms with E-state index in [4.69, 9.17) is 5.41 Å². The van der Waals surface area contributed by atoms with Gasteiger partial charge in [-0.05, 0) is 13.8 Å². The van der Waals surface area contributed by atoms with E-state index in [1.54, 1.807) is 6.21 Å². The molecule has 2 N–H and O–H groups in total. The topological polar surface area (TPSA) is 64.9 Å². The molecule has 0 unspecified atom stereocenters. The van der Waals surface area contributed by atoms with Gasteiger partial charge in [0.15, 0.2) is 5.82 Å². The quantitative estimate of drug-likeness (QED) is 0.622. The Labute approximate surface area is 66.4 Å². The largest absolute Gasteiger partial charge is 0.340 e. The predicted molar refractivity (Wildman–Crippen MR) is 47.2 cm³/mol. The van der Waals surface area contributed by atoms with Gasteiger partial charge in [0.2, 0.25) is 0 Å². The number of aromatic nitrogens is 2. The Bertz CT molecular complexity index is 290. The summed E-state index contributed by atoms with van der Waals surface area (Å²) < 4.78 is 0. The smallest absolute Gasteiger partial charge is 0.178 e. The fraction of sp³-hybridized carbons (Fsp3) is 0.286. The van der Waals surface area contributed by atoms with Gasteiger partial charge in [-0.1, -0.05) is 0 Å². The normalized spacial score (nSPS) is 10.7. The van der Waals surface area contributed by atoms with Gasteiger partial charge in [0.05, 0.1) is 0 Å². The Kier molecular flexibility index (Phi) is 2.15. The van der Waals surface area contributed by atoms with Gasteiger partial charge in [0.25, 0.3) is 0 Å². The summed E-state index contributed by atoms with van der Waals surface area (Å²) >= 11 is 0. The van der Waals surface area contributed by atoms with Gasteiger partial charge < -0.3 is 10.4 Å². The summed E-state index contributed by atoms with van der Waals surface area (Å²) in [7, 11) is 0. The van der Waals surface area contributed by atoms with E-state index in [0.717, 1.165) is 5.82 Å². The maximum Gasteiger partial charge on any atom is 0.178 e. The van der Waals surface area contributed by atoms with E-state index in [9.17, 15) is 0 Å². The zero-order valence-electron chi connectivity index (χ0n) is 6.55. The molecule has 0 bridgehead atoms. The van der Waals surface area contributed by atoms with Gasteiger partial charge in [-0.15, -0.1) is 0 Å². The van der Waals surface area contributed by atoms with Crippen molar-refractivity contribution in [1.82, 2.24) is 9.97 Å². The van der Waals surface area contributed by atoms with E-state index in [2.05, 4.69) is 15.0 Å². The van der Waals surface area contributed by atoms with Crippen molar-refractivity contribution in [2.45, 2.75) is 13.8 Å². The molecule has 60 valence electrons. The Morgan fingerprint density at radius 3 is 3.00 bits per heavy atom. The van der Waals surface area contributed by atoms with Gasteiger partial charge >= 0.3 is 0 Å². The summed E-state index contributed by atoms with van der Waals surface area (Å²) in [4.78, 5) is 11.0. The number of H-pyrrole nitrogens is 1. The van der Waals surface area contributed by atoms with Crippen LogP contribution < -0.4 is 0 Å². The van der Waals surface area contributed by atoms with E-state index in [1.165, 1.54) is 6.21 Å². The maximum absolute atomic E-state index is 7.01. The molecule has 1 aromatic heterocycles. The molecule has 4 nitrogen and oxygen atoms in total. The number of hydrogen-bond donors (Lipinski definition) is 2. The van der Waals surface area contributed by atoms with Crippen LogP contribution in [0.5, 0.6) is 0 Å². The standard InChI is InChI=1S/C7H10N4.H2/c1-3-9-7-6(4-8)10-5(2)11-7;/h3-4,8H,1-2H3,(H,10,11);1H/b8-4?,9-3+;. The van der Waals surface area contributed by atoms with E-state index < -0.39 is 0 Å². The second-order valence-electron chi connectivity index (χ2n) is 2.09. The predicted octanol–water partition coefficient (Wildman–Crippen LogP) is 1.68. The van der Waals surface area contributed by atoms with Crippen LogP contribution in [0.3, 0.4) is 0 Å². The number of imidazole rings is 1. The Hall–Kier alpha value is -1.45. The third-order valence-electron chi connectivity index (χ3n) is 1.23. The zero-order chi connectivity index (χ0) is 8.27. The first-order chi connectivity index (χ1) is 5.27. The molecule has 0 aliphatic carbocycles. The molecule has 0 saturated heterocycles. The van der Waals surface area contributed by atoms with E-state index in [0.29, 0.717) is 11.5 Å². The lowest BCUT2D eigenvalue weighted by molar-refractivity contribution is 1.14. The van der Waals surface area contributed by atoms with Crippen molar-refractivity contribution in [2.24, 2.45) is 4.99 Å². The highest BCUT2D eigenvalue weighted by atomic mass is 15.0. The molecule has 0 atom stereocenters. The average Bonchev–Trinajstić information content (AvgIpc) is 2.32. The van der Waals surface area contributed by atoms with Gasteiger partial charge in [-0.25, -0.2) is 9.98 Å². The van der Waals surface area contributed by atoms with Crippen LogP contribution in [0.1, 0.15) is 19.9 Å². The average molecular weight is 152 g/mol. The zero-order valence-corrected chi connectivity index (χ0v) is 6.55. The minimum atomic E-state index is 0. The SMILES string of the molecule is C/C=N/c1nc(C)[nH]c1C=N.[HH]. The van der Waals surface area contributed by atoms with Gasteiger partial charge in [0, 0.05) is 13.9 Å². The van der Waals surface area contributed by atoms with Crippen LogP contribution in [-0.4, -0.2) is 22.4 Å². The highest BCUT2D eigenvalue weighted by molar-refractivity contribution is 5.81. The molecule has 0 amide bonds. The lowest BCUT2D eigenvalue weighted by atomic mass is 10.5. The monoisotopic (exact) mass is 152 g/mol. The molecule has 0 radical (unpaired) electrons. The Morgan fingerprint density at radius 1 is 1.73 bits per heavy atom. The highest BCUT2D eigenvalue weighted by Gasteiger charge is 2.01. The van der Waals surface area contributed by atoms with E-state index in [-0.39, 0.29) is 1.43 Å². The summed E-state index contributed by atoms with van der Waals surface area (Å²) in [6, 6.07) is 0. The van der Waals surface area contributed by atoms with Crippen LogP contribution >= 0.6 is 0 Å². The van der Waals surface area contributed by atoms with Crippen molar-refractivity contribution in [2.75, 3.05) is 0 Å². The van der Waals surface area contributed by atoms with E-state index >= 15 is 0 Å². The minimum Gasteiger partial charge on any atom is -0.340 e. The number of nitrogens with one attached hydrogen (secondary N) is 2. The molecule has 0 aliphatic rings. The van der Waals surface area contributed by atoms with Gasteiger partial charge in [-0.3, -0.25) is 0 Å². The molecule has 0 aromatic carbocycles. The second kappa shape index (κ2) is 3.09. The van der Waals surface area contributed by atoms with Crippen molar-refractivity contribution in [3.8, 4) is 0 Å². The third kappa shape index (κ3) is 1.52. The number of nitrogens with zero attached hydrogens (tertiary/aromatic N) is 2.